The van der Waals surface area contributed by atoms with Gasteiger partial charge in [-0.3, -0.25) is 14.4 Å². The lowest BCUT2D eigenvalue weighted by Gasteiger charge is -2.41. The topological polar surface area (TPSA) is 85.4 Å². The van der Waals surface area contributed by atoms with Gasteiger partial charge in [-0.2, -0.15) is 0 Å². The fourth-order valence-corrected chi connectivity index (χ4v) is 7.47. The Kier molecular flexibility index (Phi) is 27.2. The number of allylic oxidation sites excluding steroid dienone is 5. The van der Waals surface area contributed by atoms with E-state index in [1.807, 2.05) is 6.08 Å². The van der Waals surface area contributed by atoms with E-state index in [0.717, 1.165) is 110 Å². The average molecular weight is 743 g/mol. The second-order valence-corrected chi connectivity index (χ2v) is 15.5. The van der Waals surface area contributed by atoms with Crippen molar-refractivity contribution in [2.75, 3.05) is 52.5 Å². The van der Waals surface area contributed by atoms with E-state index < -0.39 is 0 Å². The van der Waals surface area contributed by atoms with Gasteiger partial charge >= 0.3 is 17.9 Å². The van der Waals surface area contributed by atoms with E-state index in [1.165, 1.54) is 44.9 Å². The predicted octanol–water partition coefficient (Wildman–Crippen LogP) is 10.0. The number of piperidine rings is 2. The van der Waals surface area contributed by atoms with Crippen LogP contribution in [0.3, 0.4) is 0 Å². The van der Waals surface area contributed by atoms with Crippen LogP contribution in [0.4, 0.5) is 0 Å². The van der Waals surface area contributed by atoms with Crippen LogP contribution in [0.15, 0.2) is 37.0 Å². The molecule has 0 N–H and O–H groups in total. The summed E-state index contributed by atoms with van der Waals surface area (Å²) >= 11 is 0. The normalized spacial score (nSPS) is 17.6. The van der Waals surface area contributed by atoms with Crippen LogP contribution in [0, 0.1) is 17.8 Å². The molecule has 0 aromatic carbocycles. The first-order chi connectivity index (χ1) is 25.9. The van der Waals surface area contributed by atoms with E-state index in [4.69, 9.17) is 14.2 Å². The van der Waals surface area contributed by atoms with Gasteiger partial charge in [0, 0.05) is 18.9 Å². The van der Waals surface area contributed by atoms with Crippen molar-refractivity contribution in [1.29, 1.82) is 0 Å². The molecule has 2 fully saturated rings. The molecule has 53 heavy (non-hydrogen) atoms. The molecular formula is C45H78N2O6. The van der Waals surface area contributed by atoms with Gasteiger partial charge in [-0.05, 0) is 122 Å². The largest absolute Gasteiger partial charge is 0.465 e. The summed E-state index contributed by atoms with van der Waals surface area (Å²) in [5.74, 6) is -0.664. The Bertz CT molecular complexity index is 1030. The number of esters is 3. The minimum absolute atomic E-state index is 0.0713. The number of hydrogen-bond acceptors (Lipinski definition) is 8. The van der Waals surface area contributed by atoms with Crippen molar-refractivity contribution in [3.05, 3.63) is 37.0 Å². The summed E-state index contributed by atoms with van der Waals surface area (Å²) in [5, 5.41) is 0. The van der Waals surface area contributed by atoms with Gasteiger partial charge in [0.25, 0.3) is 0 Å². The lowest BCUT2D eigenvalue weighted by Crippen LogP contribution is -2.48. The van der Waals surface area contributed by atoms with Crippen LogP contribution in [-0.2, 0) is 28.6 Å². The van der Waals surface area contributed by atoms with Crippen LogP contribution >= 0.6 is 0 Å². The molecule has 0 aliphatic carbocycles. The van der Waals surface area contributed by atoms with Gasteiger partial charge in [0.05, 0.1) is 11.8 Å². The van der Waals surface area contributed by atoms with Crippen molar-refractivity contribution >= 4 is 17.9 Å². The van der Waals surface area contributed by atoms with Crippen LogP contribution in [0.1, 0.15) is 156 Å². The molecule has 0 amide bonds. The fourth-order valence-electron chi connectivity index (χ4n) is 7.47. The summed E-state index contributed by atoms with van der Waals surface area (Å²) < 4.78 is 17.0. The van der Waals surface area contributed by atoms with Crippen LogP contribution in [-0.4, -0.2) is 86.3 Å². The molecule has 2 saturated heterocycles. The van der Waals surface area contributed by atoms with E-state index in [0.29, 0.717) is 24.8 Å². The second-order valence-electron chi connectivity index (χ2n) is 15.5. The zero-order valence-electron chi connectivity index (χ0n) is 34.3. The predicted molar refractivity (Wildman–Crippen MR) is 218 cm³/mol. The van der Waals surface area contributed by atoms with Gasteiger partial charge in [0.15, 0.2) is 0 Å². The van der Waals surface area contributed by atoms with E-state index >= 15 is 0 Å². The van der Waals surface area contributed by atoms with Gasteiger partial charge in [0.2, 0.25) is 0 Å². The lowest BCUT2D eigenvalue weighted by atomic mass is 9.93. The van der Waals surface area contributed by atoms with Crippen molar-refractivity contribution in [3.8, 4) is 0 Å². The molecule has 2 aliphatic rings. The molecule has 8 nitrogen and oxygen atoms in total. The molecular weight excluding hydrogens is 665 g/mol. The highest BCUT2D eigenvalue weighted by atomic mass is 16.6. The number of rotatable bonds is 30. The molecule has 0 bridgehead atoms. The average Bonchev–Trinajstić information content (AvgIpc) is 3.18. The van der Waals surface area contributed by atoms with E-state index in [1.54, 1.807) is 0 Å². The van der Waals surface area contributed by atoms with E-state index in [2.05, 4.69) is 61.5 Å². The Hall–Kier alpha value is -2.45. The Morgan fingerprint density at radius 2 is 1.26 bits per heavy atom. The highest BCUT2D eigenvalue weighted by molar-refractivity contribution is 5.72. The number of unbranched alkanes of at least 4 members (excludes halogenated alkanes) is 8. The SMILES string of the molecule is C=CCC(CC)CCCC(=O)OCC(COC(=O)CCCCCCC/C=C\C/C=C\CCCCC)COC(=O)C1CCN(C2CCN(CC)CC2)CC1. The molecule has 2 heterocycles. The lowest BCUT2D eigenvalue weighted by molar-refractivity contribution is -0.156. The minimum atomic E-state index is -0.385. The van der Waals surface area contributed by atoms with Crippen LogP contribution < -0.4 is 0 Å². The first-order valence-corrected chi connectivity index (χ1v) is 21.7. The third-order valence-electron chi connectivity index (χ3n) is 11.2. The quantitative estimate of drug-likeness (QED) is 0.0311. The molecule has 0 saturated carbocycles. The van der Waals surface area contributed by atoms with Crippen molar-refractivity contribution < 1.29 is 28.6 Å². The van der Waals surface area contributed by atoms with Crippen molar-refractivity contribution in [2.45, 2.75) is 162 Å². The maximum Gasteiger partial charge on any atom is 0.309 e. The first-order valence-electron chi connectivity index (χ1n) is 21.7. The van der Waals surface area contributed by atoms with Gasteiger partial charge in [0.1, 0.15) is 19.8 Å². The monoisotopic (exact) mass is 743 g/mol. The molecule has 0 aromatic rings. The van der Waals surface area contributed by atoms with Crippen LogP contribution in [0.5, 0.6) is 0 Å². The third kappa shape index (κ3) is 22.5. The van der Waals surface area contributed by atoms with Gasteiger partial charge in [-0.15, -0.1) is 6.58 Å². The molecule has 2 atom stereocenters. The molecule has 2 rings (SSSR count). The number of likely N-dealkylation sites (tertiary alicyclic amines) is 2. The third-order valence-corrected chi connectivity index (χ3v) is 11.2. The van der Waals surface area contributed by atoms with Crippen molar-refractivity contribution in [1.82, 2.24) is 9.80 Å². The highest BCUT2D eigenvalue weighted by Crippen LogP contribution is 2.25. The molecule has 304 valence electrons. The zero-order chi connectivity index (χ0) is 38.4. The summed E-state index contributed by atoms with van der Waals surface area (Å²) in [5.41, 5.74) is 0. The minimum Gasteiger partial charge on any atom is -0.465 e. The Labute approximate surface area is 324 Å². The standard InChI is InChI=1S/C45H78N2O6/c1-5-9-10-11-12-13-14-15-16-17-18-19-20-21-22-26-43(48)51-36-40(37-52-44(49)27-23-25-39(7-3)24-6-2)38-53-45(50)41-28-34-47(35-29-41)42-30-32-46(8-4)33-31-42/h6,12-13,15-16,39-42H,2,5,7-11,14,17-38H2,1,3-4H3/b13-12-,16-15-. The fraction of sp³-hybridized carbons (Fsp3) is 0.800. The van der Waals surface area contributed by atoms with E-state index in [-0.39, 0.29) is 49.6 Å². The van der Waals surface area contributed by atoms with Gasteiger partial charge in [-0.25, -0.2) is 0 Å². The van der Waals surface area contributed by atoms with Gasteiger partial charge in [-0.1, -0.05) is 89.7 Å². The highest BCUT2D eigenvalue weighted by Gasteiger charge is 2.31. The number of ether oxygens (including phenoxy) is 3. The van der Waals surface area contributed by atoms with Crippen molar-refractivity contribution in [2.24, 2.45) is 17.8 Å². The maximum atomic E-state index is 13.1. The van der Waals surface area contributed by atoms with E-state index in [9.17, 15) is 14.4 Å². The summed E-state index contributed by atoms with van der Waals surface area (Å²) in [4.78, 5) is 43.4. The molecule has 0 spiro atoms. The number of carbonyl (C=O) groups excluding carboxylic acids is 3. The Morgan fingerprint density at radius 3 is 1.87 bits per heavy atom. The maximum absolute atomic E-state index is 13.1. The Morgan fingerprint density at radius 1 is 0.679 bits per heavy atom. The van der Waals surface area contributed by atoms with Crippen LogP contribution in [0.2, 0.25) is 0 Å². The second kappa shape index (κ2) is 30.8. The summed E-state index contributed by atoms with van der Waals surface area (Å²) in [6, 6.07) is 0.614. The number of nitrogens with zero attached hydrogens (tertiary/aromatic N) is 2. The Balaban J connectivity index is 1.69. The molecule has 0 aromatic heterocycles. The van der Waals surface area contributed by atoms with Crippen LogP contribution in [0.25, 0.3) is 0 Å². The van der Waals surface area contributed by atoms with Crippen molar-refractivity contribution in [3.63, 3.8) is 0 Å². The summed E-state index contributed by atoms with van der Waals surface area (Å²) in [6.07, 6.45) is 32.0. The first kappa shape index (κ1) is 46.7. The smallest absolute Gasteiger partial charge is 0.309 e. The molecule has 8 heteroatoms. The molecule has 0 radical (unpaired) electrons. The molecule has 2 aliphatic heterocycles. The summed E-state index contributed by atoms with van der Waals surface area (Å²) in [6.45, 7) is 16.0. The number of hydrogen-bond donors (Lipinski definition) is 0. The van der Waals surface area contributed by atoms with Gasteiger partial charge < -0.3 is 24.0 Å². The summed E-state index contributed by atoms with van der Waals surface area (Å²) in [7, 11) is 0. The zero-order valence-corrected chi connectivity index (χ0v) is 34.3. The number of carbonyl (C=O) groups is 3. The molecule has 2 unspecified atom stereocenters.